The van der Waals surface area contributed by atoms with Crippen molar-refractivity contribution in [1.82, 2.24) is 0 Å². The van der Waals surface area contributed by atoms with Gasteiger partial charge in [-0.1, -0.05) is 0 Å². The average Bonchev–Trinajstić information content (AvgIpc) is 2.61. The summed E-state index contributed by atoms with van der Waals surface area (Å²) in [5, 5.41) is 0. The van der Waals surface area contributed by atoms with Gasteiger partial charge in [0.25, 0.3) is 0 Å². The molecule has 2 N–H and O–H groups in total. The fraction of sp³-hybridized carbons (Fsp3) is 0.533. The van der Waals surface area contributed by atoms with E-state index in [4.69, 9.17) is 20.1 Å². The highest BCUT2D eigenvalue weighted by Gasteiger charge is 2.35. The van der Waals surface area contributed by atoms with E-state index in [9.17, 15) is 4.79 Å². The third-order valence-electron chi connectivity index (χ3n) is 2.71. The molecular weight excluding hydrogens is 274 g/mol. The number of hydrogen-bond acceptors (Lipinski definition) is 6. The van der Waals surface area contributed by atoms with Crippen LogP contribution in [0.15, 0.2) is 12.1 Å². The number of benzene rings is 1. The third-order valence-corrected chi connectivity index (χ3v) is 2.71. The van der Waals surface area contributed by atoms with E-state index in [0.29, 0.717) is 22.6 Å². The average molecular weight is 295 g/mol. The minimum absolute atomic E-state index is 0.110. The number of carbonyl (C=O) groups excluding carboxylic acids is 1. The maximum atomic E-state index is 12.2. The first-order valence-corrected chi connectivity index (χ1v) is 6.71. The molecule has 1 heterocycles. The van der Waals surface area contributed by atoms with Gasteiger partial charge in [-0.2, -0.15) is 0 Å². The Hall–Kier alpha value is -1.79. The zero-order valence-electron chi connectivity index (χ0n) is 13.0. The lowest BCUT2D eigenvalue weighted by Gasteiger charge is -2.19. The Morgan fingerprint density at radius 1 is 1.29 bits per heavy atom. The van der Waals surface area contributed by atoms with Gasteiger partial charge in [0.1, 0.15) is 5.60 Å². The molecule has 116 valence electrons. The first-order valence-electron chi connectivity index (χ1n) is 6.71. The molecule has 1 aliphatic rings. The molecule has 0 fully saturated rings. The predicted octanol–water partition coefficient (Wildman–Crippen LogP) is 2.54. The van der Waals surface area contributed by atoms with Gasteiger partial charge < -0.3 is 14.2 Å². The zero-order chi connectivity index (χ0) is 15.8. The van der Waals surface area contributed by atoms with Gasteiger partial charge in [-0.3, -0.25) is 4.84 Å². The van der Waals surface area contributed by atoms with E-state index in [1.54, 1.807) is 26.0 Å². The Labute approximate surface area is 124 Å². The maximum absolute atomic E-state index is 12.2. The van der Waals surface area contributed by atoms with E-state index >= 15 is 0 Å². The van der Waals surface area contributed by atoms with Crippen molar-refractivity contribution in [2.24, 2.45) is 5.90 Å². The van der Waals surface area contributed by atoms with E-state index < -0.39 is 17.4 Å². The second-order valence-corrected chi connectivity index (χ2v) is 6.38. The van der Waals surface area contributed by atoms with Gasteiger partial charge in [0.15, 0.2) is 11.5 Å². The highest BCUT2D eigenvalue weighted by Crippen LogP contribution is 2.43. The summed E-state index contributed by atoms with van der Waals surface area (Å²) in [5.74, 6) is 4.93. The lowest BCUT2D eigenvalue weighted by atomic mass is 10.1. The number of carbonyl (C=O) groups is 1. The van der Waals surface area contributed by atoms with Gasteiger partial charge >= 0.3 is 5.97 Å². The smallest absolute Gasteiger partial charge is 0.338 e. The van der Waals surface area contributed by atoms with Crippen molar-refractivity contribution in [2.45, 2.75) is 52.6 Å². The summed E-state index contributed by atoms with van der Waals surface area (Å²) in [6.45, 7) is 9.11. The van der Waals surface area contributed by atoms with E-state index in [2.05, 4.69) is 4.84 Å². The van der Waals surface area contributed by atoms with Gasteiger partial charge in [0.2, 0.25) is 5.79 Å². The van der Waals surface area contributed by atoms with Crippen molar-refractivity contribution >= 4 is 5.97 Å². The topological polar surface area (TPSA) is 80.0 Å². The zero-order valence-corrected chi connectivity index (χ0v) is 13.0. The van der Waals surface area contributed by atoms with Crippen molar-refractivity contribution < 1.29 is 23.8 Å². The molecule has 0 aromatic heterocycles. The Kier molecular flexibility index (Phi) is 3.86. The lowest BCUT2D eigenvalue weighted by Crippen LogP contribution is -2.30. The molecule has 0 bridgehead atoms. The maximum Gasteiger partial charge on any atom is 0.338 e. The van der Waals surface area contributed by atoms with E-state index in [1.165, 1.54) is 0 Å². The highest BCUT2D eigenvalue weighted by molar-refractivity contribution is 5.91. The fourth-order valence-electron chi connectivity index (χ4n) is 2.03. The lowest BCUT2D eigenvalue weighted by molar-refractivity contribution is -0.0441. The van der Waals surface area contributed by atoms with Crippen LogP contribution in [0.4, 0.5) is 0 Å². The molecule has 0 saturated carbocycles. The molecule has 6 heteroatoms. The van der Waals surface area contributed by atoms with Crippen LogP contribution in [0.5, 0.6) is 11.5 Å². The minimum Gasteiger partial charge on any atom is -0.456 e. The second kappa shape index (κ2) is 5.20. The van der Waals surface area contributed by atoms with Gasteiger partial charge in [0, 0.05) is 19.4 Å². The monoisotopic (exact) mass is 295 g/mol. The van der Waals surface area contributed by atoms with Crippen LogP contribution in [0.3, 0.4) is 0 Å². The van der Waals surface area contributed by atoms with Crippen molar-refractivity contribution in [3.8, 4) is 11.5 Å². The summed E-state index contributed by atoms with van der Waals surface area (Å²) < 4.78 is 16.7. The van der Waals surface area contributed by atoms with Crippen LogP contribution in [0, 0.1) is 0 Å². The van der Waals surface area contributed by atoms with Gasteiger partial charge in [-0.15, -0.1) is 0 Å². The molecule has 21 heavy (non-hydrogen) atoms. The SMILES string of the molecule is CC(C)(C)OC(=O)c1cc(CON)c2c(c1)OC(C)(C)O2. The number of ether oxygens (including phenoxy) is 3. The Balaban J connectivity index is 2.38. The summed E-state index contributed by atoms with van der Waals surface area (Å²) in [7, 11) is 0. The molecule has 1 aliphatic heterocycles. The molecular formula is C15H21NO5. The first-order chi connectivity index (χ1) is 9.61. The molecule has 0 amide bonds. The molecule has 0 spiro atoms. The van der Waals surface area contributed by atoms with Crippen molar-refractivity contribution in [3.05, 3.63) is 23.3 Å². The standard InChI is InChI=1S/C15H21NO5/c1-14(2,3)21-13(17)9-6-10(8-18-16)12-11(7-9)19-15(4,5)20-12/h6-7H,8,16H2,1-5H3. The van der Waals surface area contributed by atoms with Crippen LogP contribution in [0.2, 0.25) is 0 Å². The van der Waals surface area contributed by atoms with Crippen LogP contribution < -0.4 is 15.4 Å². The Morgan fingerprint density at radius 3 is 2.52 bits per heavy atom. The molecule has 0 radical (unpaired) electrons. The second-order valence-electron chi connectivity index (χ2n) is 6.38. The van der Waals surface area contributed by atoms with E-state index in [-0.39, 0.29) is 6.61 Å². The molecule has 0 saturated heterocycles. The molecule has 1 aromatic carbocycles. The predicted molar refractivity (Wildman–Crippen MR) is 75.9 cm³/mol. The summed E-state index contributed by atoms with van der Waals surface area (Å²) in [6, 6.07) is 3.25. The number of fused-ring (bicyclic) bond motifs is 1. The summed E-state index contributed by atoms with van der Waals surface area (Å²) in [5.41, 5.74) is 0.440. The van der Waals surface area contributed by atoms with Gasteiger partial charge in [0.05, 0.1) is 12.2 Å². The summed E-state index contributed by atoms with van der Waals surface area (Å²) >= 11 is 0. The molecule has 2 rings (SSSR count). The van der Waals surface area contributed by atoms with Crippen LogP contribution in [-0.4, -0.2) is 17.4 Å². The minimum atomic E-state index is -0.793. The molecule has 0 aliphatic carbocycles. The number of hydrogen-bond donors (Lipinski definition) is 1. The fourth-order valence-corrected chi connectivity index (χ4v) is 2.03. The third kappa shape index (κ3) is 3.65. The number of nitrogens with two attached hydrogens (primary N) is 1. The quantitative estimate of drug-likeness (QED) is 0.682. The van der Waals surface area contributed by atoms with E-state index in [0.717, 1.165) is 0 Å². The largest absolute Gasteiger partial charge is 0.456 e. The van der Waals surface area contributed by atoms with Crippen LogP contribution >= 0.6 is 0 Å². The summed E-state index contributed by atoms with van der Waals surface area (Å²) in [6.07, 6.45) is 0. The highest BCUT2D eigenvalue weighted by atomic mass is 16.7. The Morgan fingerprint density at radius 2 is 1.95 bits per heavy atom. The van der Waals surface area contributed by atoms with Crippen molar-refractivity contribution in [1.29, 1.82) is 0 Å². The van der Waals surface area contributed by atoms with Crippen molar-refractivity contribution in [3.63, 3.8) is 0 Å². The van der Waals surface area contributed by atoms with Crippen molar-refractivity contribution in [2.75, 3.05) is 0 Å². The van der Waals surface area contributed by atoms with Crippen LogP contribution in [0.1, 0.15) is 50.5 Å². The normalized spacial score (nSPS) is 15.9. The number of rotatable bonds is 3. The van der Waals surface area contributed by atoms with E-state index in [1.807, 2.05) is 20.8 Å². The van der Waals surface area contributed by atoms with Crippen LogP contribution in [0.25, 0.3) is 0 Å². The molecule has 0 unspecified atom stereocenters. The molecule has 6 nitrogen and oxygen atoms in total. The molecule has 0 atom stereocenters. The summed E-state index contributed by atoms with van der Waals surface area (Å²) in [4.78, 5) is 16.9. The molecule has 1 aromatic rings. The van der Waals surface area contributed by atoms with Gasteiger partial charge in [-0.25, -0.2) is 10.7 Å². The Bertz CT molecular complexity index is 560. The van der Waals surface area contributed by atoms with Crippen LogP contribution in [-0.2, 0) is 16.2 Å². The first kappa shape index (κ1) is 15.6. The number of esters is 1. The van der Waals surface area contributed by atoms with Gasteiger partial charge in [-0.05, 0) is 32.9 Å².